The minimum absolute atomic E-state index is 0.0447. The van der Waals surface area contributed by atoms with E-state index in [1.807, 2.05) is 24.3 Å². The van der Waals surface area contributed by atoms with Crippen molar-refractivity contribution in [3.63, 3.8) is 0 Å². The molecule has 10 heteroatoms. The first kappa shape index (κ1) is 22.2. The topological polar surface area (TPSA) is 96.0 Å². The number of sulfonamides is 1. The summed E-state index contributed by atoms with van der Waals surface area (Å²) in [7, 11) is -3.75. The van der Waals surface area contributed by atoms with Crippen LogP contribution >= 0.6 is 11.8 Å². The smallest absolute Gasteiger partial charge is 0.261 e. The Morgan fingerprint density at radius 1 is 1.18 bits per heavy atom. The van der Waals surface area contributed by atoms with Gasteiger partial charge in [-0.15, -0.1) is 0 Å². The Labute approximate surface area is 197 Å². The van der Waals surface area contributed by atoms with Crippen molar-refractivity contribution in [3.8, 4) is 5.75 Å². The highest BCUT2D eigenvalue weighted by molar-refractivity contribution is 8.02. The van der Waals surface area contributed by atoms with Crippen molar-refractivity contribution in [2.75, 3.05) is 29.9 Å². The second kappa shape index (κ2) is 8.34. The Bertz CT molecular complexity index is 1230. The molecule has 8 nitrogen and oxygen atoms in total. The van der Waals surface area contributed by atoms with E-state index in [-0.39, 0.29) is 28.9 Å². The van der Waals surface area contributed by atoms with Crippen molar-refractivity contribution in [2.24, 2.45) is 0 Å². The van der Waals surface area contributed by atoms with Gasteiger partial charge in [0.2, 0.25) is 15.9 Å². The maximum atomic E-state index is 13.5. The molecule has 3 aliphatic rings. The number of para-hydroxylation sites is 1. The van der Waals surface area contributed by atoms with Crippen LogP contribution in [0.2, 0.25) is 0 Å². The number of nitrogens with zero attached hydrogens (tertiary/aromatic N) is 2. The van der Waals surface area contributed by atoms with Crippen LogP contribution in [0, 0.1) is 0 Å². The minimum atomic E-state index is -3.75. The summed E-state index contributed by atoms with van der Waals surface area (Å²) in [4.78, 5) is 27.6. The molecular formula is C23H25N3O5S2. The first-order valence-corrected chi connectivity index (χ1v) is 13.3. The molecular weight excluding hydrogens is 462 g/mol. The van der Waals surface area contributed by atoms with E-state index in [1.165, 1.54) is 22.1 Å². The number of hydrogen-bond donors (Lipinski definition) is 1. The molecule has 2 amide bonds. The zero-order chi connectivity index (χ0) is 23.2. The van der Waals surface area contributed by atoms with Crippen molar-refractivity contribution in [3.05, 3.63) is 42.5 Å². The van der Waals surface area contributed by atoms with Crippen LogP contribution in [0.4, 0.5) is 11.4 Å². The second-order valence-corrected chi connectivity index (χ2v) is 11.5. The molecule has 33 heavy (non-hydrogen) atoms. The van der Waals surface area contributed by atoms with Gasteiger partial charge in [0.1, 0.15) is 10.6 Å². The van der Waals surface area contributed by atoms with Crippen molar-refractivity contribution < 1.29 is 22.7 Å². The number of anilines is 2. The van der Waals surface area contributed by atoms with Gasteiger partial charge in [-0.05, 0) is 56.5 Å². The highest BCUT2D eigenvalue weighted by atomic mass is 32.2. The van der Waals surface area contributed by atoms with E-state index in [1.54, 1.807) is 24.0 Å². The molecule has 3 aliphatic heterocycles. The summed E-state index contributed by atoms with van der Waals surface area (Å²) in [5.41, 5.74) is 1.09. The molecule has 1 unspecified atom stereocenters. The van der Waals surface area contributed by atoms with E-state index in [2.05, 4.69) is 5.32 Å². The van der Waals surface area contributed by atoms with Crippen LogP contribution in [0.5, 0.6) is 5.75 Å². The number of nitrogens with one attached hydrogen (secondary N) is 1. The Morgan fingerprint density at radius 2 is 1.94 bits per heavy atom. The third-order valence-corrected chi connectivity index (χ3v) is 9.61. The summed E-state index contributed by atoms with van der Waals surface area (Å²) >= 11 is 1.37. The van der Waals surface area contributed by atoms with Gasteiger partial charge in [0.15, 0.2) is 4.87 Å². The zero-order valence-electron chi connectivity index (χ0n) is 18.2. The number of rotatable bonds is 6. The van der Waals surface area contributed by atoms with Gasteiger partial charge in [-0.25, -0.2) is 8.42 Å². The molecule has 0 radical (unpaired) electrons. The molecule has 2 aromatic rings. The number of carbonyl (C=O) groups excluding carboxylic acids is 2. The van der Waals surface area contributed by atoms with Gasteiger partial charge < -0.3 is 10.1 Å². The first-order chi connectivity index (χ1) is 15.9. The lowest BCUT2D eigenvalue weighted by Gasteiger charge is -2.29. The van der Waals surface area contributed by atoms with E-state index in [4.69, 9.17) is 4.74 Å². The number of benzene rings is 2. The molecule has 1 atom stereocenters. The highest BCUT2D eigenvalue weighted by Crippen LogP contribution is 2.56. The summed E-state index contributed by atoms with van der Waals surface area (Å²) < 4.78 is 33.6. The fourth-order valence-corrected chi connectivity index (χ4v) is 7.74. The highest BCUT2D eigenvalue weighted by Gasteiger charge is 2.57. The minimum Gasteiger partial charge on any atom is -0.492 e. The summed E-state index contributed by atoms with van der Waals surface area (Å²) in [5.74, 6) is -0.171. The van der Waals surface area contributed by atoms with Crippen LogP contribution in [-0.2, 0) is 19.6 Å². The van der Waals surface area contributed by atoms with Crippen molar-refractivity contribution in [2.45, 2.75) is 47.3 Å². The molecule has 0 spiro atoms. The summed E-state index contributed by atoms with van der Waals surface area (Å²) in [6.07, 6.45) is 2.31. The van der Waals surface area contributed by atoms with Crippen LogP contribution in [0.25, 0.3) is 0 Å². The lowest BCUT2D eigenvalue weighted by Crippen LogP contribution is -2.49. The van der Waals surface area contributed by atoms with Crippen LogP contribution < -0.4 is 15.0 Å². The molecule has 0 aromatic heterocycles. The Hall–Kier alpha value is -2.56. The van der Waals surface area contributed by atoms with Gasteiger partial charge in [-0.2, -0.15) is 4.31 Å². The van der Waals surface area contributed by atoms with Gasteiger partial charge in [0, 0.05) is 30.1 Å². The third-order valence-electron chi connectivity index (χ3n) is 6.21. The maximum absolute atomic E-state index is 13.5. The predicted molar refractivity (Wildman–Crippen MR) is 126 cm³/mol. The number of amides is 2. The average molecular weight is 488 g/mol. The van der Waals surface area contributed by atoms with Crippen LogP contribution in [0.1, 0.15) is 32.6 Å². The number of carbonyl (C=O) groups is 2. The van der Waals surface area contributed by atoms with Crippen LogP contribution in [-0.4, -0.2) is 49.1 Å². The molecule has 2 saturated heterocycles. The van der Waals surface area contributed by atoms with Crippen LogP contribution in [0.3, 0.4) is 0 Å². The molecule has 5 rings (SSSR count). The lowest BCUT2D eigenvalue weighted by atomic mass is 10.1. The van der Waals surface area contributed by atoms with Gasteiger partial charge in [-0.3, -0.25) is 14.5 Å². The Balaban J connectivity index is 1.47. The van der Waals surface area contributed by atoms with Gasteiger partial charge >= 0.3 is 0 Å². The molecule has 0 aliphatic carbocycles. The van der Waals surface area contributed by atoms with E-state index in [9.17, 15) is 18.0 Å². The van der Waals surface area contributed by atoms with Crippen molar-refractivity contribution in [1.82, 2.24) is 4.31 Å². The average Bonchev–Trinajstić information content (AvgIpc) is 3.52. The maximum Gasteiger partial charge on any atom is 0.261 e. The third kappa shape index (κ3) is 3.60. The Morgan fingerprint density at radius 3 is 2.70 bits per heavy atom. The standard InChI is InChI=1S/C23H25N3O5S2/c1-2-31-18-10-9-16(15-20(18)33(29,30)25-13-5-6-14-25)24-22(28)23-12-11-21(27)26(23)17-7-3-4-8-19(17)32-23/h3-4,7-10,15H,2,5-6,11-14H2,1H3,(H,24,28). The SMILES string of the molecule is CCOc1ccc(NC(=O)C23CCC(=O)N2c2ccccc2S3)cc1S(=O)(=O)N1CCCC1. The molecule has 2 fully saturated rings. The van der Waals surface area contributed by atoms with E-state index < -0.39 is 14.9 Å². The fraction of sp³-hybridized carbons (Fsp3) is 0.391. The van der Waals surface area contributed by atoms with Gasteiger partial charge in [-0.1, -0.05) is 23.9 Å². The number of ether oxygens (including phenoxy) is 1. The van der Waals surface area contributed by atoms with Crippen LogP contribution in [0.15, 0.2) is 52.3 Å². The summed E-state index contributed by atoms with van der Waals surface area (Å²) in [6.45, 7) is 3.06. The van der Waals surface area contributed by atoms with Crippen molar-refractivity contribution >= 4 is 45.0 Å². The normalized spacial score (nSPS) is 22.3. The van der Waals surface area contributed by atoms with E-state index in [0.29, 0.717) is 31.8 Å². The molecule has 0 saturated carbocycles. The molecule has 2 aromatic carbocycles. The molecule has 0 bridgehead atoms. The summed E-state index contributed by atoms with van der Waals surface area (Å²) in [6, 6.07) is 12.1. The van der Waals surface area contributed by atoms with E-state index >= 15 is 0 Å². The number of fused-ring (bicyclic) bond motifs is 3. The zero-order valence-corrected chi connectivity index (χ0v) is 19.9. The Kier molecular flexibility index (Phi) is 5.62. The molecule has 1 N–H and O–H groups in total. The second-order valence-electron chi connectivity index (χ2n) is 8.24. The lowest BCUT2D eigenvalue weighted by molar-refractivity contribution is -0.121. The van der Waals surface area contributed by atoms with Gasteiger partial charge in [0.05, 0.1) is 12.3 Å². The number of thioether (sulfide) groups is 1. The summed E-state index contributed by atoms with van der Waals surface area (Å²) in [5, 5.41) is 2.88. The fourth-order valence-electron chi connectivity index (χ4n) is 4.66. The van der Waals surface area contributed by atoms with Crippen molar-refractivity contribution in [1.29, 1.82) is 0 Å². The predicted octanol–water partition coefficient (Wildman–Crippen LogP) is 3.44. The monoisotopic (exact) mass is 487 g/mol. The van der Waals surface area contributed by atoms with E-state index in [0.717, 1.165) is 23.4 Å². The number of hydrogen-bond acceptors (Lipinski definition) is 6. The quantitative estimate of drug-likeness (QED) is 0.671. The molecule has 174 valence electrons. The molecule has 3 heterocycles. The van der Waals surface area contributed by atoms with Gasteiger partial charge in [0.25, 0.3) is 5.91 Å². The largest absolute Gasteiger partial charge is 0.492 e. The first-order valence-electron chi connectivity index (χ1n) is 11.1.